The Morgan fingerprint density at radius 2 is 1.93 bits per heavy atom. The molecule has 0 aliphatic carbocycles. The number of imidazole rings is 1. The van der Waals surface area contributed by atoms with Crippen molar-refractivity contribution < 1.29 is 9.53 Å². The van der Waals surface area contributed by atoms with Crippen LogP contribution in [0.4, 0.5) is 5.69 Å². The van der Waals surface area contributed by atoms with Gasteiger partial charge in [0.05, 0.1) is 24.2 Å². The number of carbonyl (C=O) groups excluding carboxylic acids is 1. The van der Waals surface area contributed by atoms with Crippen LogP contribution in [0, 0.1) is 0 Å². The van der Waals surface area contributed by atoms with E-state index in [4.69, 9.17) is 9.72 Å². The molecule has 0 saturated carbocycles. The van der Waals surface area contributed by atoms with E-state index in [1.165, 1.54) is 0 Å². The molecule has 0 bridgehead atoms. The third-order valence-corrected chi connectivity index (χ3v) is 5.20. The Hall–Kier alpha value is -2.86. The number of aromatic amines is 1. The van der Waals surface area contributed by atoms with Gasteiger partial charge in [-0.1, -0.05) is 12.1 Å². The Morgan fingerprint density at radius 1 is 1.18 bits per heavy atom. The maximum absolute atomic E-state index is 12.4. The number of piperidine rings is 1. The van der Waals surface area contributed by atoms with Crippen LogP contribution in [0.25, 0.3) is 11.0 Å². The number of aromatic nitrogens is 2. The Kier molecular flexibility index (Phi) is 5.58. The van der Waals surface area contributed by atoms with Crippen LogP contribution in [0.3, 0.4) is 0 Å². The van der Waals surface area contributed by atoms with Gasteiger partial charge in [0.25, 0.3) is 0 Å². The van der Waals surface area contributed by atoms with Crippen molar-refractivity contribution in [2.75, 3.05) is 31.6 Å². The lowest BCUT2D eigenvalue weighted by Gasteiger charge is -2.30. The molecule has 2 N–H and O–H groups in total. The van der Waals surface area contributed by atoms with Crippen LogP contribution >= 0.6 is 0 Å². The number of hydrogen-bond acceptors (Lipinski definition) is 4. The first-order chi connectivity index (χ1) is 13.7. The number of ether oxygens (including phenoxy) is 1. The summed E-state index contributed by atoms with van der Waals surface area (Å²) in [6, 6.07) is 15.6. The zero-order valence-corrected chi connectivity index (χ0v) is 16.1. The van der Waals surface area contributed by atoms with Gasteiger partial charge in [-0.2, -0.15) is 0 Å². The van der Waals surface area contributed by atoms with Crippen LogP contribution < -0.4 is 10.1 Å². The second-order valence-electron chi connectivity index (χ2n) is 7.20. The number of carbonyl (C=O) groups is 1. The summed E-state index contributed by atoms with van der Waals surface area (Å²) in [4.78, 5) is 22.8. The summed E-state index contributed by atoms with van der Waals surface area (Å²) in [7, 11) is 0. The van der Waals surface area contributed by atoms with Gasteiger partial charge in [0.15, 0.2) is 0 Å². The molecule has 6 heteroatoms. The molecule has 2 aromatic carbocycles. The lowest BCUT2D eigenvalue weighted by molar-refractivity contribution is -0.117. The van der Waals surface area contributed by atoms with E-state index in [1.807, 2.05) is 49.4 Å². The standard InChI is InChI=1S/C22H26N4O2/c1-2-28-18-9-7-17(8-10-18)23-21(27)15-26-13-11-16(12-14-26)22-24-19-5-3-4-6-20(19)25-22/h3-10,16H,2,11-15H2,1H3,(H,23,27)(H,24,25). The Balaban J connectivity index is 1.27. The number of nitrogens with zero attached hydrogens (tertiary/aromatic N) is 2. The molecule has 146 valence electrons. The topological polar surface area (TPSA) is 70.2 Å². The van der Waals surface area contributed by atoms with Crippen molar-refractivity contribution >= 4 is 22.6 Å². The van der Waals surface area contributed by atoms with E-state index in [-0.39, 0.29) is 5.91 Å². The van der Waals surface area contributed by atoms with Crippen molar-refractivity contribution in [2.45, 2.75) is 25.7 Å². The van der Waals surface area contributed by atoms with Gasteiger partial charge < -0.3 is 15.0 Å². The van der Waals surface area contributed by atoms with E-state index in [9.17, 15) is 4.79 Å². The Morgan fingerprint density at radius 3 is 2.64 bits per heavy atom. The van der Waals surface area contributed by atoms with E-state index < -0.39 is 0 Å². The molecule has 1 aliphatic heterocycles. The highest BCUT2D eigenvalue weighted by Gasteiger charge is 2.24. The number of para-hydroxylation sites is 2. The number of likely N-dealkylation sites (tertiary alicyclic amines) is 1. The highest BCUT2D eigenvalue weighted by Crippen LogP contribution is 2.27. The van der Waals surface area contributed by atoms with Gasteiger partial charge in [-0.3, -0.25) is 9.69 Å². The third kappa shape index (κ3) is 4.34. The van der Waals surface area contributed by atoms with Crippen LogP contribution in [0.2, 0.25) is 0 Å². The number of amides is 1. The minimum absolute atomic E-state index is 0.0198. The van der Waals surface area contributed by atoms with Crippen molar-refractivity contribution in [2.24, 2.45) is 0 Å². The molecule has 0 spiro atoms. The van der Waals surface area contributed by atoms with Crippen molar-refractivity contribution in [3.8, 4) is 5.75 Å². The van der Waals surface area contributed by atoms with Crippen molar-refractivity contribution in [1.82, 2.24) is 14.9 Å². The predicted octanol–water partition coefficient (Wildman–Crippen LogP) is 3.78. The molecular formula is C22H26N4O2. The summed E-state index contributed by atoms with van der Waals surface area (Å²) in [5.74, 6) is 2.33. The average Bonchev–Trinajstić information content (AvgIpc) is 3.14. The number of fused-ring (bicyclic) bond motifs is 1. The summed E-state index contributed by atoms with van der Waals surface area (Å²) in [6.07, 6.45) is 2.02. The van der Waals surface area contributed by atoms with E-state index >= 15 is 0 Å². The number of benzene rings is 2. The number of hydrogen-bond donors (Lipinski definition) is 2. The minimum Gasteiger partial charge on any atom is -0.494 e. The number of rotatable bonds is 6. The van der Waals surface area contributed by atoms with E-state index in [0.717, 1.165) is 54.2 Å². The highest BCUT2D eigenvalue weighted by molar-refractivity contribution is 5.92. The lowest BCUT2D eigenvalue weighted by atomic mass is 9.96. The number of anilines is 1. The van der Waals surface area contributed by atoms with Crippen molar-refractivity contribution in [3.63, 3.8) is 0 Å². The molecule has 1 fully saturated rings. The summed E-state index contributed by atoms with van der Waals surface area (Å²) in [5.41, 5.74) is 2.91. The minimum atomic E-state index is 0.0198. The molecule has 6 nitrogen and oxygen atoms in total. The van der Waals surface area contributed by atoms with Crippen LogP contribution in [-0.2, 0) is 4.79 Å². The van der Waals surface area contributed by atoms with Gasteiger partial charge in [-0.15, -0.1) is 0 Å². The maximum atomic E-state index is 12.4. The monoisotopic (exact) mass is 378 g/mol. The second-order valence-corrected chi connectivity index (χ2v) is 7.20. The van der Waals surface area contributed by atoms with Crippen molar-refractivity contribution in [1.29, 1.82) is 0 Å². The summed E-state index contributed by atoms with van der Waals surface area (Å²) in [6.45, 7) is 4.81. The fourth-order valence-electron chi connectivity index (χ4n) is 3.74. The predicted molar refractivity (Wildman–Crippen MR) is 111 cm³/mol. The molecule has 2 heterocycles. The van der Waals surface area contributed by atoms with Crippen LogP contribution in [0.15, 0.2) is 48.5 Å². The average molecular weight is 378 g/mol. The lowest BCUT2D eigenvalue weighted by Crippen LogP contribution is -2.38. The number of H-pyrrole nitrogens is 1. The molecule has 1 amide bonds. The summed E-state index contributed by atoms with van der Waals surface area (Å²) in [5, 5.41) is 2.96. The highest BCUT2D eigenvalue weighted by atomic mass is 16.5. The molecule has 1 aromatic heterocycles. The van der Waals surface area contributed by atoms with Gasteiger partial charge in [-0.25, -0.2) is 4.98 Å². The smallest absolute Gasteiger partial charge is 0.238 e. The molecule has 3 aromatic rings. The first kappa shape index (κ1) is 18.5. The van der Waals surface area contributed by atoms with Gasteiger partial charge in [0.2, 0.25) is 5.91 Å². The summed E-state index contributed by atoms with van der Waals surface area (Å²) < 4.78 is 5.42. The normalized spacial score (nSPS) is 15.6. The molecular weight excluding hydrogens is 352 g/mol. The van der Waals surface area contributed by atoms with E-state index in [0.29, 0.717) is 19.1 Å². The summed E-state index contributed by atoms with van der Waals surface area (Å²) >= 11 is 0. The van der Waals surface area contributed by atoms with Gasteiger partial charge >= 0.3 is 0 Å². The maximum Gasteiger partial charge on any atom is 0.238 e. The first-order valence-corrected chi connectivity index (χ1v) is 9.91. The first-order valence-electron chi connectivity index (χ1n) is 9.91. The van der Waals surface area contributed by atoms with Crippen LogP contribution in [0.5, 0.6) is 5.75 Å². The van der Waals surface area contributed by atoms with Gasteiger partial charge in [0.1, 0.15) is 11.6 Å². The third-order valence-electron chi connectivity index (χ3n) is 5.20. The Labute approximate surface area is 164 Å². The molecule has 0 radical (unpaired) electrons. The fourth-order valence-corrected chi connectivity index (χ4v) is 3.74. The van der Waals surface area contributed by atoms with E-state index in [2.05, 4.69) is 21.3 Å². The van der Waals surface area contributed by atoms with Crippen LogP contribution in [0.1, 0.15) is 31.5 Å². The van der Waals surface area contributed by atoms with E-state index in [1.54, 1.807) is 0 Å². The zero-order valence-electron chi connectivity index (χ0n) is 16.1. The molecule has 4 rings (SSSR count). The molecule has 0 atom stereocenters. The molecule has 1 aliphatic rings. The second kappa shape index (κ2) is 8.44. The number of nitrogens with one attached hydrogen (secondary N) is 2. The molecule has 0 unspecified atom stereocenters. The van der Waals surface area contributed by atoms with Crippen LogP contribution in [-0.4, -0.2) is 47.0 Å². The Bertz CT molecular complexity index is 894. The molecule has 28 heavy (non-hydrogen) atoms. The SMILES string of the molecule is CCOc1ccc(NC(=O)CN2CCC(c3nc4ccccc4[nH]3)CC2)cc1. The van der Waals surface area contributed by atoms with Gasteiger partial charge in [-0.05, 0) is 69.3 Å². The largest absolute Gasteiger partial charge is 0.494 e. The quantitative estimate of drug-likeness (QED) is 0.685. The fraction of sp³-hybridized carbons (Fsp3) is 0.364. The van der Waals surface area contributed by atoms with Gasteiger partial charge in [0, 0.05) is 11.6 Å². The van der Waals surface area contributed by atoms with Crippen molar-refractivity contribution in [3.05, 3.63) is 54.4 Å². The zero-order chi connectivity index (χ0) is 19.3. The molecule has 1 saturated heterocycles.